The molecule has 8 nitrogen and oxygen atoms in total. The smallest absolute Gasteiger partial charge is 0.263 e. The summed E-state index contributed by atoms with van der Waals surface area (Å²) in [6, 6.07) is 14.0. The number of ether oxygens (including phenoxy) is 2. The summed E-state index contributed by atoms with van der Waals surface area (Å²) in [5.41, 5.74) is 0.926. The van der Waals surface area contributed by atoms with Gasteiger partial charge in [-0.15, -0.1) is 0 Å². The molecule has 2 aromatic carbocycles. The van der Waals surface area contributed by atoms with Crippen molar-refractivity contribution in [1.29, 1.82) is 0 Å². The molecule has 0 unspecified atom stereocenters. The van der Waals surface area contributed by atoms with Crippen LogP contribution in [0.4, 0.5) is 5.82 Å². The van der Waals surface area contributed by atoms with Gasteiger partial charge in [0.25, 0.3) is 10.0 Å². The molecule has 0 saturated heterocycles. The standard InChI is InChI=1S/C23H27N3O5S2/c1-23(2,3)16-9-11-17(12-10-16)33(28,29)26-21-20(22(25-15-24-21)31-14-13-27)32-19-8-6-5-7-18(19)30-4/h5-12,15,27H,13-14H2,1-4H3,(H,24,25,26). The maximum absolute atomic E-state index is 13.1. The van der Waals surface area contributed by atoms with E-state index in [-0.39, 0.29) is 35.2 Å². The fourth-order valence-corrected chi connectivity index (χ4v) is 5.00. The molecule has 1 aromatic heterocycles. The van der Waals surface area contributed by atoms with Crippen LogP contribution in [0.25, 0.3) is 0 Å². The molecule has 0 aliphatic heterocycles. The minimum absolute atomic E-state index is 0.00302. The second kappa shape index (κ2) is 10.4. The van der Waals surface area contributed by atoms with Gasteiger partial charge in [-0.05, 0) is 35.2 Å². The van der Waals surface area contributed by atoms with E-state index in [4.69, 9.17) is 14.6 Å². The Bertz CT molecular complexity index is 1190. The van der Waals surface area contributed by atoms with Gasteiger partial charge in [0, 0.05) is 0 Å². The quantitative estimate of drug-likeness (QED) is 0.462. The summed E-state index contributed by atoms with van der Waals surface area (Å²) in [6.45, 7) is 5.96. The van der Waals surface area contributed by atoms with Gasteiger partial charge in [0.2, 0.25) is 5.88 Å². The molecule has 10 heteroatoms. The highest BCUT2D eigenvalue weighted by atomic mass is 32.2. The number of aromatic nitrogens is 2. The Kier molecular flexibility index (Phi) is 7.83. The highest BCUT2D eigenvalue weighted by molar-refractivity contribution is 7.99. The number of nitrogens with zero attached hydrogens (tertiary/aromatic N) is 2. The maximum atomic E-state index is 13.1. The number of sulfonamides is 1. The molecule has 0 aliphatic rings. The van der Waals surface area contributed by atoms with Crippen molar-refractivity contribution in [3.8, 4) is 11.6 Å². The molecule has 0 fully saturated rings. The Balaban J connectivity index is 1.99. The summed E-state index contributed by atoms with van der Waals surface area (Å²) in [4.78, 5) is 9.47. The first-order chi connectivity index (χ1) is 15.7. The van der Waals surface area contributed by atoms with Crippen molar-refractivity contribution in [3.05, 3.63) is 60.4 Å². The third kappa shape index (κ3) is 6.16. The van der Waals surface area contributed by atoms with Crippen molar-refractivity contribution in [2.75, 3.05) is 25.0 Å². The van der Waals surface area contributed by atoms with Crippen LogP contribution in [0.3, 0.4) is 0 Å². The first kappa shape index (κ1) is 24.8. The van der Waals surface area contributed by atoms with Crippen LogP contribution in [-0.4, -0.2) is 43.8 Å². The van der Waals surface area contributed by atoms with Gasteiger partial charge in [0.15, 0.2) is 5.82 Å². The van der Waals surface area contributed by atoms with Gasteiger partial charge in [-0.2, -0.15) is 0 Å². The second-order valence-electron chi connectivity index (χ2n) is 8.06. The summed E-state index contributed by atoms with van der Waals surface area (Å²) < 4.78 is 39.8. The van der Waals surface area contributed by atoms with Gasteiger partial charge in [-0.1, -0.05) is 56.8 Å². The van der Waals surface area contributed by atoms with E-state index in [1.165, 1.54) is 18.1 Å². The molecule has 176 valence electrons. The van der Waals surface area contributed by atoms with Crippen molar-refractivity contribution < 1.29 is 23.0 Å². The number of benzene rings is 2. The number of hydrogen-bond donors (Lipinski definition) is 2. The molecule has 2 N–H and O–H groups in total. The average molecular weight is 490 g/mol. The predicted molar refractivity (Wildman–Crippen MR) is 128 cm³/mol. The Morgan fingerprint density at radius 3 is 2.39 bits per heavy atom. The highest BCUT2D eigenvalue weighted by Gasteiger charge is 2.23. The van der Waals surface area contributed by atoms with Crippen LogP contribution in [0.1, 0.15) is 26.3 Å². The van der Waals surface area contributed by atoms with E-state index >= 15 is 0 Å². The molecule has 3 rings (SSSR count). The molecular formula is C23H27N3O5S2. The largest absolute Gasteiger partial charge is 0.496 e. The molecule has 0 aliphatic carbocycles. The molecule has 0 saturated carbocycles. The lowest BCUT2D eigenvalue weighted by Gasteiger charge is -2.19. The number of para-hydroxylation sites is 1. The lowest BCUT2D eigenvalue weighted by Crippen LogP contribution is -2.16. The monoisotopic (exact) mass is 489 g/mol. The van der Waals surface area contributed by atoms with E-state index in [2.05, 4.69) is 35.5 Å². The summed E-state index contributed by atoms with van der Waals surface area (Å²) >= 11 is 1.20. The van der Waals surface area contributed by atoms with Crippen LogP contribution >= 0.6 is 11.8 Å². The van der Waals surface area contributed by atoms with Crippen molar-refractivity contribution in [3.63, 3.8) is 0 Å². The van der Waals surface area contributed by atoms with Crippen LogP contribution in [0, 0.1) is 0 Å². The summed E-state index contributed by atoms with van der Waals surface area (Å²) in [6.07, 6.45) is 1.21. The van der Waals surface area contributed by atoms with Gasteiger partial charge in [0.1, 0.15) is 23.6 Å². The summed E-state index contributed by atoms with van der Waals surface area (Å²) in [7, 11) is -2.38. The summed E-state index contributed by atoms with van der Waals surface area (Å²) in [5, 5.41) is 9.17. The second-order valence-corrected chi connectivity index (χ2v) is 10.8. The van der Waals surface area contributed by atoms with Crippen LogP contribution in [0.15, 0.2) is 69.5 Å². The number of anilines is 1. The Labute approximate surface area is 198 Å². The number of methoxy groups -OCH3 is 1. The minimum atomic E-state index is -3.93. The number of aliphatic hydroxyl groups is 1. The minimum Gasteiger partial charge on any atom is -0.496 e. The van der Waals surface area contributed by atoms with Crippen molar-refractivity contribution >= 4 is 27.6 Å². The number of rotatable bonds is 9. The number of hydrogen-bond acceptors (Lipinski definition) is 8. The Hall–Kier alpha value is -2.82. The maximum Gasteiger partial charge on any atom is 0.263 e. The number of nitrogens with one attached hydrogen (secondary N) is 1. The van der Waals surface area contributed by atoms with Gasteiger partial charge < -0.3 is 14.6 Å². The first-order valence-electron chi connectivity index (χ1n) is 10.2. The van der Waals surface area contributed by atoms with Crippen LogP contribution < -0.4 is 14.2 Å². The lowest BCUT2D eigenvalue weighted by atomic mass is 9.87. The van der Waals surface area contributed by atoms with Crippen molar-refractivity contribution in [2.24, 2.45) is 0 Å². The van der Waals surface area contributed by atoms with Gasteiger partial charge in [0.05, 0.1) is 23.5 Å². The molecule has 0 radical (unpaired) electrons. The van der Waals surface area contributed by atoms with Crippen LogP contribution in [0.2, 0.25) is 0 Å². The summed E-state index contributed by atoms with van der Waals surface area (Å²) in [5.74, 6) is 0.815. The molecule has 0 bridgehead atoms. The molecule has 0 atom stereocenters. The molecule has 33 heavy (non-hydrogen) atoms. The van der Waals surface area contributed by atoms with E-state index in [1.54, 1.807) is 37.4 Å². The van der Waals surface area contributed by atoms with Crippen molar-refractivity contribution in [1.82, 2.24) is 9.97 Å². The zero-order chi connectivity index (χ0) is 24.1. The van der Waals surface area contributed by atoms with Gasteiger partial charge in [-0.25, -0.2) is 18.4 Å². The fourth-order valence-electron chi connectivity index (χ4n) is 2.90. The lowest BCUT2D eigenvalue weighted by molar-refractivity contribution is 0.193. The van der Waals surface area contributed by atoms with E-state index in [9.17, 15) is 8.42 Å². The highest BCUT2D eigenvalue weighted by Crippen LogP contribution is 2.42. The first-order valence-corrected chi connectivity index (χ1v) is 12.5. The van der Waals surface area contributed by atoms with Crippen molar-refractivity contribution in [2.45, 2.75) is 40.9 Å². The zero-order valence-electron chi connectivity index (χ0n) is 18.9. The third-order valence-corrected chi connectivity index (χ3v) is 7.13. The Morgan fingerprint density at radius 1 is 1.06 bits per heavy atom. The molecule has 0 spiro atoms. The SMILES string of the molecule is COc1ccccc1Sc1c(NS(=O)(=O)c2ccc(C(C)(C)C)cc2)ncnc1OCCO. The normalized spacial score (nSPS) is 11.8. The Morgan fingerprint density at radius 2 is 1.76 bits per heavy atom. The fraction of sp³-hybridized carbons (Fsp3) is 0.304. The topological polar surface area (TPSA) is 111 Å². The molecule has 0 amide bonds. The van der Waals surface area contributed by atoms with E-state index < -0.39 is 10.0 Å². The average Bonchev–Trinajstić information content (AvgIpc) is 2.79. The van der Waals surface area contributed by atoms with E-state index in [0.29, 0.717) is 10.6 Å². The molecular weight excluding hydrogens is 462 g/mol. The van der Waals surface area contributed by atoms with E-state index in [0.717, 1.165) is 10.5 Å². The molecule has 1 heterocycles. The van der Waals surface area contributed by atoms with Gasteiger partial charge >= 0.3 is 0 Å². The van der Waals surface area contributed by atoms with Crippen LogP contribution in [0.5, 0.6) is 11.6 Å². The third-order valence-electron chi connectivity index (χ3n) is 4.64. The predicted octanol–water partition coefficient (Wildman–Crippen LogP) is 4.11. The zero-order valence-corrected chi connectivity index (χ0v) is 20.5. The number of aliphatic hydroxyl groups excluding tert-OH is 1. The van der Waals surface area contributed by atoms with E-state index in [1.807, 2.05) is 18.2 Å². The molecule has 3 aromatic rings. The van der Waals surface area contributed by atoms with Gasteiger partial charge in [-0.3, -0.25) is 4.72 Å². The van der Waals surface area contributed by atoms with Crippen LogP contribution in [-0.2, 0) is 15.4 Å².